The number of hydrogen-bond acceptors (Lipinski definition) is 4. The molecular formula is C26H26N2O4. The number of amides is 1. The molecular weight excluding hydrogens is 404 g/mol. The second-order valence-electron chi connectivity index (χ2n) is 7.99. The fraction of sp³-hybridized carbons (Fsp3) is 0.231. The minimum Gasteiger partial charge on any atom is -0.480 e. The van der Waals surface area contributed by atoms with Crippen molar-refractivity contribution in [3.63, 3.8) is 0 Å². The third-order valence-corrected chi connectivity index (χ3v) is 6.02. The molecule has 4 rings (SSSR count). The lowest BCUT2D eigenvalue weighted by Crippen LogP contribution is -2.49. The molecule has 0 saturated carbocycles. The van der Waals surface area contributed by atoms with Crippen LogP contribution in [0.2, 0.25) is 0 Å². The van der Waals surface area contributed by atoms with Crippen LogP contribution in [0.15, 0.2) is 78.9 Å². The van der Waals surface area contributed by atoms with Gasteiger partial charge in [0.15, 0.2) is 0 Å². The van der Waals surface area contributed by atoms with E-state index in [-0.39, 0.29) is 19.1 Å². The highest BCUT2D eigenvalue weighted by molar-refractivity contribution is 5.81. The maximum atomic E-state index is 12.8. The summed E-state index contributed by atoms with van der Waals surface area (Å²) in [6, 6.07) is 24.6. The van der Waals surface area contributed by atoms with Crippen LogP contribution < -0.4 is 4.90 Å². The third kappa shape index (κ3) is 4.17. The molecule has 32 heavy (non-hydrogen) atoms. The zero-order chi connectivity index (χ0) is 22.7. The Hall–Kier alpha value is -3.80. The summed E-state index contributed by atoms with van der Waals surface area (Å²) in [5.74, 6) is -1.15. The zero-order valence-corrected chi connectivity index (χ0v) is 18.1. The molecule has 3 aromatic rings. The molecule has 0 radical (unpaired) electrons. The van der Waals surface area contributed by atoms with E-state index in [0.29, 0.717) is 0 Å². The van der Waals surface area contributed by atoms with Crippen molar-refractivity contribution in [1.82, 2.24) is 4.90 Å². The van der Waals surface area contributed by atoms with E-state index in [1.807, 2.05) is 71.6 Å². The average molecular weight is 431 g/mol. The lowest BCUT2D eigenvalue weighted by atomic mass is 9.98. The lowest BCUT2D eigenvalue weighted by molar-refractivity contribution is -0.141. The first-order valence-electron chi connectivity index (χ1n) is 10.5. The van der Waals surface area contributed by atoms with Crippen LogP contribution in [0.1, 0.15) is 17.0 Å². The van der Waals surface area contributed by atoms with Crippen molar-refractivity contribution < 1.29 is 19.4 Å². The smallest absolute Gasteiger partial charge is 0.410 e. The first-order valence-corrected chi connectivity index (χ1v) is 10.5. The highest BCUT2D eigenvalue weighted by Crippen LogP contribution is 2.44. The Labute approximate surface area is 187 Å². The summed E-state index contributed by atoms with van der Waals surface area (Å²) in [6.45, 7) is 0.290. The number of carbonyl (C=O) groups is 2. The molecule has 0 saturated heterocycles. The van der Waals surface area contributed by atoms with Gasteiger partial charge in [-0.25, -0.2) is 9.59 Å². The molecule has 0 bridgehead atoms. The van der Waals surface area contributed by atoms with Crippen LogP contribution in [0.25, 0.3) is 11.1 Å². The summed E-state index contributed by atoms with van der Waals surface area (Å²) in [6.07, 6.45) is -0.652. The number of anilines is 1. The minimum atomic E-state index is -1.08. The molecule has 164 valence electrons. The van der Waals surface area contributed by atoms with Crippen LogP contribution in [0.4, 0.5) is 10.5 Å². The van der Waals surface area contributed by atoms with Gasteiger partial charge in [0.05, 0.1) is 0 Å². The fourth-order valence-electron chi connectivity index (χ4n) is 4.24. The summed E-state index contributed by atoms with van der Waals surface area (Å²) < 4.78 is 5.63. The summed E-state index contributed by atoms with van der Waals surface area (Å²) in [5, 5.41) is 9.75. The van der Waals surface area contributed by atoms with Gasteiger partial charge in [-0.1, -0.05) is 66.7 Å². The number of hydrogen-bond donors (Lipinski definition) is 1. The number of aliphatic carboxylic acids is 1. The van der Waals surface area contributed by atoms with Crippen molar-refractivity contribution in [3.05, 3.63) is 90.0 Å². The highest BCUT2D eigenvalue weighted by atomic mass is 16.6. The maximum absolute atomic E-state index is 12.8. The van der Waals surface area contributed by atoms with E-state index in [1.165, 1.54) is 7.05 Å². The van der Waals surface area contributed by atoms with E-state index in [9.17, 15) is 14.7 Å². The van der Waals surface area contributed by atoms with E-state index < -0.39 is 18.1 Å². The van der Waals surface area contributed by atoms with Gasteiger partial charge >= 0.3 is 12.1 Å². The Morgan fingerprint density at radius 1 is 0.875 bits per heavy atom. The number of fused-ring (bicyclic) bond motifs is 3. The first kappa shape index (κ1) is 21.4. The number of carbonyl (C=O) groups excluding carboxylic acids is 1. The number of likely N-dealkylation sites (N-methyl/N-ethyl adjacent to an activating group) is 2. The maximum Gasteiger partial charge on any atom is 0.410 e. The van der Waals surface area contributed by atoms with Crippen molar-refractivity contribution in [2.24, 2.45) is 0 Å². The van der Waals surface area contributed by atoms with E-state index in [0.717, 1.165) is 32.8 Å². The highest BCUT2D eigenvalue weighted by Gasteiger charge is 2.32. The Bertz CT molecular complexity index is 1070. The van der Waals surface area contributed by atoms with Gasteiger partial charge in [-0.2, -0.15) is 0 Å². The van der Waals surface area contributed by atoms with Crippen LogP contribution >= 0.6 is 0 Å². The first-order chi connectivity index (χ1) is 15.5. The SMILES string of the molecule is CN(C[C@@H](C(=O)O)N(C)C(=O)OCC1c2ccccc2-c2ccccc21)c1ccccc1. The molecule has 0 heterocycles. The molecule has 0 aromatic heterocycles. The molecule has 1 atom stereocenters. The van der Waals surface area contributed by atoms with Crippen molar-refractivity contribution in [2.45, 2.75) is 12.0 Å². The van der Waals surface area contributed by atoms with Crippen LogP contribution in [-0.2, 0) is 9.53 Å². The van der Waals surface area contributed by atoms with E-state index >= 15 is 0 Å². The average Bonchev–Trinajstić information content (AvgIpc) is 3.14. The van der Waals surface area contributed by atoms with Crippen molar-refractivity contribution >= 4 is 17.7 Å². The number of carboxylic acids is 1. The van der Waals surface area contributed by atoms with Gasteiger partial charge in [0.25, 0.3) is 0 Å². The second-order valence-corrected chi connectivity index (χ2v) is 7.99. The van der Waals surface area contributed by atoms with E-state index in [2.05, 4.69) is 12.1 Å². The summed E-state index contributed by atoms with van der Waals surface area (Å²) >= 11 is 0. The van der Waals surface area contributed by atoms with Crippen molar-refractivity contribution in [1.29, 1.82) is 0 Å². The number of benzene rings is 3. The normalized spacial score (nSPS) is 13.1. The van der Waals surface area contributed by atoms with Gasteiger partial charge in [0, 0.05) is 32.2 Å². The van der Waals surface area contributed by atoms with Crippen molar-refractivity contribution in [3.8, 4) is 11.1 Å². The Kier molecular flexibility index (Phi) is 6.12. The Balaban J connectivity index is 1.45. The van der Waals surface area contributed by atoms with E-state index in [1.54, 1.807) is 7.05 Å². The fourth-order valence-corrected chi connectivity index (χ4v) is 4.24. The monoisotopic (exact) mass is 430 g/mol. The molecule has 0 unspecified atom stereocenters. The van der Waals surface area contributed by atoms with Gasteiger partial charge in [0.1, 0.15) is 12.6 Å². The molecule has 1 aliphatic carbocycles. The molecule has 0 aliphatic heterocycles. The summed E-state index contributed by atoms with van der Waals surface area (Å²) in [7, 11) is 3.27. The van der Waals surface area contributed by atoms with Crippen LogP contribution in [-0.4, -0.2) is 55.4 Å². The lowest BCUT2D eigenvalue weighted by Gasteiger charge is -2.29. The van der Waals surface area contributed by atoms with Crippen LogP contribution in [0, 0.1) is 0 Å². The quantitative estimate of drug-likeness (QED) is 0.599. The van der Waals surface area contributed by atoms with E-state index in [4.69, 9.17) is 4.74 Å². The molecule has 0 fully saturated rings. The third-order valence-electron chi connectivity index (χ3n) is 6.02. The number of ether oxygens (including phenoxy) is 1. The summed E-state index contributed by atoms with van der Waals surface area (Å²) in [5.41, 5.74) is 5.39. The number of nitrogens with zero attached hydrogens (tertiary/aromatic N) is 2. The standard InChI is InChI=1S/C26H26N2O4/c1-27(18-10-4-3-5-11-18)16-24(25(29)30)28(2)26(31)32-17-23-21-14-8-6-12-19(21)20-13-7-9-15-22(20)23/h3-15,23-24H,16-17H2,1-2H3,(H,29,30)/t24-/m0/s1. The van der Waals surface area contributed by atoms with Gasteiger partial charge in [-0.15, -0.1) is 0 Å². The number of carboxylic acid groups (broad SMARTS) is 1. The van der Waals surface area contributed by atoms with Gasteiger partial charge in [0.2, 0.25) is 0 Å². The molecule has 1 aliphatic rings. The van der Waals surface area contributed by atoms with Gasteiger partial charge in [-0.05, 0) is 34.4 Å². The predicted molar refractivity (Wildman–Crippen MR) is 124 cm³/mol. The Morgan fingerprint density at radius 2 is 1.41 bits per heavy atom. The predicted octanol–water partition coefficient (Wildman–Crippen LogP) is 4.46. The minimum absolute atomic E-state index is 0.0741. The van der Waals surface area contributed by atoms with Crippen molar-refractivity contribution in [2.75, 3.05) is 32.1 Å². The number of rotatable bonds is 7. The van der Waals surface area contributed by atoms with Crippen LogP contribution in [0.3, 0.4) is 0 Å². The van der Waals surface area contributed by atoms with Gasteiger partial charge in [-0.3, -0.25) is 4.90 Å². The topological polar surface area (TPSA) is 70.1 Å². The van der Waals surface area contributed by atoms with Gasteiger partial charge < -0.3 is 14.7 Å². The molecule has 6 heteroatoms. The van der Waals surface area contributed by atoms with Crippen LogP contribution in [0.5, 0.6) is 0 Å². The summed E-state index contributed by atoms with van der Waals surface area (Å²) in [4.78, 5) is 27.7. The second kappa shape index (κ2) is 9.14. The largest absolute Gasteiger partial charge is 0.480 e. The number of para-hydroxylation sites is 1. The molecule has 3 aromatic carbocycles. The molecule has 6 nitrogen and oxygen atoms in total. The molecule has 1 amide bonds. The zero-order valence-electron chi connectivity index (χ0n) is 18.1. The molecule has 0 spiro atoms. The Morgan fingerprint density at radius 3 is 1.97 bits per heavy atom. The molecule has 1 N–H and O–H groups in total.